The van der Waals surface area contributed by atoms with Crippen molar-refractivity contribution in [1.82, 2.24) is 9.61 Å². The van der Waals surface area contributed by atoms with Crippen LogP contribution in [0.3, 0.4) is 0 Å². The fraction of sp³-hybridized carbons (Fsp3) is 0.200. The predicted molar refractivity (Wildman–Crippen MR) is 57.0 cm³/mol. The third-order valence-electron chi connectivity index (χ3n) is 2.18. The number of hydrogen-bond acceptors (Lipinski definition) is 3. The summed E-state index contributed by atoms with van der Waals surface area (Å²) in [5, 5.41) is 15.8. The Morgan fingerprint density at radius 1 is 1.60 bits per heavy atom. The Kier molecular flexibility index (Phi) is 2.29. The number of amidine groups is 1. The standard InChI is InChI=1S/C10H12N4O/c1-7-5-8-3-2-4-9(14(8)12-7)6-10(11)13-15/h2-5,15H,6H2,1H3,(H2,11,13). The summed E-state index contributed by atoms with van der Waals surface area (Å²) in [6.45, 7) is 1.93. The summed E-state index contributed by atoms with van der Waals surface area (Å²) in [6, 6.07) is 7.78. The molecule has 3 N–H and O–H groups in total. The molecule has 0 aliphatic carbocycles. The molecule has 0 bridgehead atoms. The van der Waals surface area contributed by atoms with E-state index in [1.165, 1.54) is 0 Å². The van der Waals surface area contributed by atoms with E-state index < -0.39 is 0 Å². The van der Waals surface area contributed by atoms with E-state index in [1.807, 2.05) is 31.2 Å². The molecule has 0 aliphatic rings. The molecule has 5 nitrogen and oxygen atoms in total. The molecule has 2 aromatic rings. The molecule has 0 fully saturated rings. The molecular weight excluding hydrogens is 192 g/mol. The molecule has 78 valence electrons. The minimum atomic E-state index is 0.177. The number of nitrogens with two attached hydrogens (primary N) is 1. The van der Waals surface area contributed by atoms with Crippen LogP contribution in [0.25, 0.3) is 5.52 Å². The zero-order valence-corrected chi connectivity index (χ0v) is 8.38. The number of nitrogens with zero attached hydrogens (tertiary/aromatic N) is 3. The lowest BCUT2D eigenvalue weighted by Crippen LogP contribution is -2.16. The Hall–Kier alpha value is -2.04. The molecule has 2 rings (SSSR count). The molecule has 2 aromatic heterocycles. The first-order valence-electron chi connectivity index (χ1n) is 4.61. The van der Waals surface area contributed by atoms with Gasteiger partial charge in [-0.15, -0.1) is 0 Å². The Balaban J connectivity index is 2.50. The van der Waals surface area contributed by atoms with E-state index in [4.69, 9.17) is 10.9 Å². The number of pyridine rings is 1. The van der Waals surface area contributed by atoms with Crippen LogP contribution in [0.15, 0.2) is 29.4 Å². The maximum atomic E-state index is 8.51. The van der Waals surface area contributed by atoms with Gasteiger partial charge in [0.15, 0.2) is 0 Å². The maximum Gasteiger partial charge on any atom is 0.145 e. The third-order valence-corrected chi connectivity index (χ3v) is 2.18. The van der Waals surface area contributed by atoms with Crippen molar-refractivity contribution < 1.29 is 5.21 Å². The summed E-state index contributed by atoms with van der Waals surface area (Å²) >= 11 is 0. The van der Waals surface area contributed by atoms with Crippen molar-refractivity contribution in [2.75, 3.05) is 0 Å². The second kappa shape index (κ2) is 3.61. The van der Waals surface area contributed by atoms with Gasteiger partial charge < -0.3 is 10.9 Å². The van der Waals surface area contributed by atoms with Crippen LogP contribution in [0.4, 0.5) is 0 Å². The van der Waals surface area contributed by atoms with E-state index in [1.54, 1.807) is 4.52 Å². The number of aromatic nitrogens is 2. The van der Waals surface area contributed by atoms with Crippen LogP contribution in [0.1, 0.15) is 11.4 Å². The quantitative estimate of drug-likeness (QED) is 0.331. The van der Waals surface area contributed by atoms with Gasteiger partial charge in [0, 0.05) is 0 Å². The summed E-state index contributed by atoms with van der Waals surface area (Å²) in [5.74, 6) is 0.177. The molecule has 0 aromatic carbocycles. The fourth-order valence-electron chi connectivity index (χ4n) is 1.55. The first-order valence-corrected chi connectivity index (χ1v) is 4.61. The first kappa shape index (κ1) is 9.51. The Morgan fingerprint density at radius 3 is 3.13 bits per heavy atom. The Labute approximate surface area is 86.8 Å². The highest BCUT2D eigenvalue weighted by Gasteiger charge is 2.04. The highest BCUT2D eigenvalue weighted by molar-refractivity contribution is 5.81. The average Bonchev–Trinajstić information content (AvgIpc) is 2.59. The monoisotopic (exact) mass is 204 g/mol. The van der Waals surface area contributed by atoms with E-state index in [0.717, 1.165) is 16.9 Å². The molecule has 2 heterocycles. The van der Waals surface area contributed by atoms with Gasteiger partial charge in [0.25, 0.3) is 0 Å². The van der Waals surface area contributed by atoms with Crippen LogP contribution < -0.4 is 5.73 Å². The van der Waals surface area contributed by atoms with E-state index in [-0.39, 0.29) is 5.84 Å². The van der Waals surface area contributed by atoms with Crippen molar-refractivity contribution in [2.24, 2.45) is 10.9 Å². The van der Waals surface area contributed by atoms with Gasteiger partial charge in [-0.1, -0.05) is 11.2 Å². The maximum absolute atomic E-state index is 8.51. The van der Waals surface area contributed by atoms with Crippen LogP contribution in [0, 0.1) is 6.92 Å². The average molecular weight is 204 g/mol. The molecule has 0 saturated heterocycles. The third kappa shape index (κ3) is 1.76. The van der Waals surface area contributed by atoms with Gasteiger partial charge >= 0.3 is 0 Å². The molecule has 0 saturated carbocycles. The molecular formula is C10H12N4O. The van der Waals surface area contributed by atoms with Gasteiger partial charge in [0.05, 0.1) is 23.3 Å². The lowest BCUT2D eigenvalue weighted by atomic mass is 10.2. The summed E-state index contributed by atoms with van der Waals surface area (Å²) in [7, 11) is 0. The highest BCUT2D eigenvalue weighted by Crippen LogP contribution is 2.09. The second-order valence-corrected chi connectivity index (χ2v) is 3.41. The van der Waals surface area contributed by atoms with Crippen molar-refractivity contribution in [3.63, 3.8) is 0 Å². The lowest BCUT2D eigenvalue weighted by Gasteiger charge is -2.02. The number of fused-ring (bicyclic) bond motifs is 1. The molecule has 0 amide bonds. The zero-order valence-electron chi connectivity index (χ0n) is 8.38. The normalized spacial score (nSPS) is 12.2. The van der Waals surface area contributed by atoms with Gasteiger partial charge in [0.1, 0.15) is 5.84 Å². The second-order valence-electron chi connectivity index (χ2n) is 3.41. The zero-order chi connectivity index (χ0) is 10.8. The van der Waals surface area contributed by atoms with Crippen LogP contribution in [0.5, 0.6) is 0 Å². The largest absolute Gasteiger partial charge is 0.409 e. The van der Waals surface area contributed by atoms with Crippen molar-refractivity contribution in [3.05, 3.63) is 35.7 Å². The minimum Gasteiger partial charge on any atom is -0.409 e. The predicted octanol–water partition coefficient (Wildman–Crippen LogP) is 0.932. The van der Waals surface area contributed by atoms with Crippen molar-refractivity contribution >= 4 is 11.4 Å². The highest BCUT2D eigenvalue weighted by atomic mass is 16.4. The Bertz CT molecular complexity index is 515. The summed E-state index contributed by atoms with van der Waals surface area (Å²) in [6.07, 6.45) is 0.384. The lowest BCUT2D eigenvalue weighted by molar-refractivity contribution is 0.317. The number of aryl methyl sites for hydroxylation is 1. The van der Waals surface area contributed by atoms with Crippen molar-refractivity contribution in [1.29, 1.82) is 0 Å². The molecule has 15 heavy (non-hydrogen) atoms. The minimum absolute atomic E-state index is 0.177. The van der Waals surface area contributed by atoms with Crippen LogP contribution >= 0.6 is 0 Å². The SMILES string of the molecule is Cc1cc2cccc(C/C(N)=N/O)n2n1. The van der Waals surface area contributed by atoms with E-state index in [0.29, 0.717) is 6.42 Å². The smallest absolute Gasteiger partial charge is 0.145 e. The molecule has 0 unspecified atom stereocenters. The number of hydrogen-bond donors (Lipinski definition) is 2. The summed E-state index contributed by atoms with van der Waals surface area (Å²) < 4.78 is 1.80. The number of oxime groups is 1. The molecule has 0 atom stereocenters. The van der Waals surface area contributed by atoms with E-state index in [2.05, 4.69) is 10.3 Å². The van der Waals surface area contributed by atoms with Gasteiger partial charge in [-0.25, -0.2) is 4.52 Å². The Morgan fingerprint density at radius 2 is 2.40 bits per heavy atom. The van der Waals surface area contributed by atoms with Gasteiger partial charge in [0.2, 0.25) is 0 Å². The molecule has 0 radical (unpaired) electrons. The van der Waals surface area contributed by atoms with Gasteiger partial charge in [-0.05, 0) is 25.1 Å². The van der Waals surface area contributed by atoms with Crippen LogP contribution in [-0.2, 0) is 6.42 Å². The molecule has 5 heteroatoms. The number of rotatable bonds is 2. The van der Waals surface area contributed by atoms with E-state index in [9.17, 15) is 0 Å². The molecule has 0 aliphatic heterocycles. The van der Waals surface area contributed by atoms with Crippen LogP contribution in [0.2, 0.25) is 0 Å². The molecule has 0 spiro atoms. The van der Waals surface area contributed by atoms with Gasteiger partial charge in [-0.2, -0.15) is 5.10 Å². The summed E-state index contributed by atoms with van der Waals surface area (Å²) in [4.78, 5) is 0. The summed E-state index contributed by atoms with van der Waals surface area (Å²) in [5.41, 5.74) is 8.32. The van der Waals surface area contributed by atoms with Crippen LogP contribution in [-0.4, -0.2) is 20.7 Å². The fourth-order valence-corrected chi connectivity index (χ4v) is 1.55. The van der Waals surface area contributed by atoms with Crippen molar-refractivity contribution in [3.8, 4) is 0 Å². The topological polar surface area (TPSA) is 75.9 Å². The first-order chi connectivity index (χ1) is 7.20. The van der Waals surface area contributed by atoms with E-state index >= 15 is 0 Å². The van der Waals surface area contributed by atoms with Crippen molar-refractivity contribution in [2.45, 2.75) is 13.3 Å². The van der Waals surface area contributed by atoms with Gasteiger partial charge in [-0.3, -0.25) is 0 Å².